The SMILES string of the molecule is CCCCn1c(SCC(=O)c2ccc(F)c(F)c2)n[nH]c1=O. The second-order valence-corrected chi connectivity index (χ2v) is 5.60. The van der Waals surface area contributed by atoms with E-state index < -0.39 is 11.6 Å². The number of hydrogen-bond acceptors (Lipinski definition) is 4. The van der Waals surface area contributed by atoms with Gasteiger partial charge in [-0.05, 0) is 24.6 Å². The van der Waals surface area contributed by atoms with E-state index in [1.54, 1.807) is 0 Å². The molecular formula is C14H15F2N3O2S. The molecular weight excluding hydrogens is 312 g/mol. The first-order valence-corrected chi connectivity index (χ1v) is 7.77. The standard InChI is InChI=1S/C14H15F2N3O2S/c1-2-3-6-19-13(21)17-18-14(19)22-8-12(20)9-4-5-10(15)11(16)7-9/h4-5,7H,2-3,6,8H2,1H3,(H,17,21). The van der Waals surface area contributed by atoms with Gasteiger partial charge in [0.05, 0.1) is 5.75 Å². The smallest absolute Gasteiger partial charge is 0.293 e. The van der Waals surface area contributed by atoms with E-state index in [0.717, 1.165) is 36.7 Å². The number of rotatable bonds is 7. The molecule has 2 rings (SSSR count). The number of unbranched alkanes of at least 4 members (excludes halogenated alkanes) is 1. The molecule has 0 saturated heterocycles. The van der Waals surface area contributed by atoms with Crippen molar-refractivity contribution in [2.24, 2.45) is 0 Å². The Morgan fingerprint density at radius 3 is 2.82 bits per heavy atom. The fourth-order valence-electron chi connectivity index (χ4n) is 1.81. The number of H-pyrrole nitrogens is 1. The van der Waals surface area contributed by atoms with E-state index in [9.17, 15) is 18.4 Å². The summed E-state index contributed by atoms with van der Waals surface area (Å²) in [7, 11) is 0. The maximum absolute atomic E-state index is 13.1. The van der Waals surface area contributed by atoms with Gasteiger partial charge in [-0.15, -0.1) is 5.10 Å². The van der Waals surface area contributed by atoms with Crippen LogP contribution >= 0.6 is 11.8 Å². The molecule has 0 radical (unpaired) electrons. The van der Waals surface area contributed by atoms with Crippen LogP contribution in [-0.4, -0.2) is 26.3 Å². The molecule has 22 heavy (non-hydrogen) atoms. The van der Waals surface area contributed by atoms with Crippen molar-refractivity contribution in [3.05, 3.63) is 45.9 Å². The largest absolute Gasteiger partial charge is 0.343 e. The Kier molecular flexibility index (Phi) is 5.48. The highest BCUT2D eigenvalue weighted by Crippen LogP contribution is 2.17. The third-order valence-electron chi connectivity index (χ3n) is 3.03. The van der Waals surface area contributed by atoms with Crippen LogP contribution in [0, 0.1) is 11.6 Å². The van der Waals surface area contributed by atoms with Crippen LogP contribution in [0.5, 0.6) is 0 Å². The lowest BCUT2D eigenvalue weighted by atomic mass is 10.1. The maximum atomic E-state index is 13.1. The van der Waals surface area contributed by atoms with Gasteiger partial charge in [-0.25, -0.2) is 18.7 Å². The van der Waals surface area contributed by atoms with Gasteiger partial charge in [0.25, 0.3) is 0 Å². The van der Waals surface area contributed by atoms with Crippen LogP contribution in [0.2, 0.25) is 0 Å². The quantitative estimate of drug-likeness (QED) is 0.627. The number of aromatic nitrogens is 3. The lowest BCUT2D eigenvalue weighted by Crippen LogP contribution is -2.18. The highest BCUT2D eigenvalue weighted by Gasteiger charge is 2.14. The molecule has 0 saturated carbocycles. The Bertz CT molecular complexity index is 727. The van der Waals surface area contributed by atoms with E-state index in [0.29, 0.717) is 11.7 Å². The topological polar surface area (TPSA) is 67.8 Å². The molecule has 2 aromatic rings. The number of aromatic amines is 1. The van der Waals surface area contributed by atoms with Gasteiger partial charge in [-0.1, -0.05) is 25.1 Å². The molecule has 0 aliphatic heterocycles. The Labute approximate surface area is 129 Å². The number of halogens is 2. The van der Waals surface area contributed by atoms with Gasteiger partial charge < -0.3 is 0 Å². The Morgan fingerprint density at radius 2 is 2.14 bits per heavy atom. The average Bonchev–Trinajstić information content (AvgIpc) is 2.85. The van der Waals surface area contributed by atoms with Crippen LogP contribution in [0.1, 0.15) is 30.1 Å². The highest BCUT2D eigenvalue weighted by molar-refractivity contribution is 7.99. The van der Waals surface area contributed by atoms with Gasteiger partial charge in [-0.3, -0.25) is 9.36 Å². The van der Waals surface area contributed by atoms with Gasteiger partial charge in [-0.2, -0.15) is 0 Å². The zero-order valence-corrected chi connectivity index (χ0v) is 12.8. The summed E-state index contributed by atoms with van der Waals surface area (Å²) in [6.07, 6.45) is 1.75. The molecule has 0 fully saturated rings. The molecule has 0 aliphatic carbocycles. The summed E-state index contributed by atoms with van der Waals surface area (Å²) in [5, 5.41) is 6.62. The van der Waals surface area contributed by atoms with Crippen molar-refractivity contribution in [3.8, 4) is 0 Å². The molecule has 118 valence electrons. The van der Waals surface area contributed by atoms with Crippen molar-refractivity contribution < 1.29 is 13.6 Å². The molecule has 1 aromatic heterocycles. The fourth-order valence-corrected chi connectivity index (χ4v) is 2.68. The molecule has 0 unspecified atom stereocenters. The number of carbonyl (C=O) groups is 1. The Hall–Kier alpha value is -1.96. The minimum absolute atomic E-state index is 0.0124. The molecule has 8 heteroatoms. The van der Waals surface area contributed by atoms with E-state index in [-0.39, 0.29) is 22.8 Å². The van der Waals surface area contributed by atoms with Crippen molar-refractivity contribution in [2.45, 2.75) is 31.5 Å². The fraction of sp³-hybridized carbons (Fsp3) is 0.357. The highest BCUT2D eigenvalue weighted by atomic mass is 32.2. The lowest BCUT2D eigenvalue weighted by Gasteiger charge is -2.04. The van der Waals surface area contributed by atoms with Crippen molar-refractivity contribution in [2.75, 3.05) is 5.75 Å². The summed E-state index contributed by atoms with van der Waals surface area (Å²) in [6, 6.07) is 3.02. The second-order valence-electron chi connectivity index (χ2n) is 4.66. The molecule has 0 atom stereocenters. The number of benzene rings is 1. The van der Waals surface area contributed by atoms with E-state index in [1.807, 2.05) is 6.92 Å². The predicted octanol–water partition coefficient (Wildman–Crippen LogP) is 2.62. The molecule has 1 aromatic carbocycles. The van der Waals surface area contributed by atoms with Gasteiger partial charge in [0, 0.05) is 12.1 Å². The molecule has 0 spiro atoms. The van der Waals surface area contributed by atoms with Gasteiger partial charge >= 0.3 is 5.69 Å². The molecule has 0 aliphatic rings. The van der Waals surface area contributed by atoms with Gasteiger partial charge in [0.15, 0.2) is 22.6 Å². The van der Waals surface area contributed by atoms with E-state index in [4.69, 9.17) is 0 Å². The first-order valence-electron chi connectivity index (χ1n) is 6.79. The summed E-state index contributed by atoms with van der Waals surface area (Å²) < 4.78 is 27.4. The van der Waals surface area contributed by atoms with Crippen LogP contribution < -0.4 is 5.69 Å². The Balaban J connectivity index is 2.05. The number of carbonyl (C=O) groups excluding carboxylic acids is 1. The average molecular weight is 327 g/mol. The zero-order valence-electron chi connectivity index (χ0n) is 11.9. The zero-order chi connectivity index (χ0) is 16.1. The number of Topliss-reactive ketones (excluding diaryl/α,β-unsaturated/α-hetero) is 1. The summed E-state index contributed by atoms with van der Waals surface area (Å²) in [5.41, 5.74) is -0.236. The first kappa shape index (κ1) is 16.4. The Morgan fingerprint density at radius 1 is 1.36 bits per heavy atom. The number of hydrogen-bond donors (Lipinski definition) is 1. The van der Waals surface area contributed by atoms with Crippen LogP contribution in [-0.2, 0) is 6.54 Å². The van der Waals surface area contributed by atoms with E-state index >= 15 is 0 Å². The van der Waals surface area contributed by atoms with E-state index in [1.165, 1.54) is 10.6 Å². The number of ketones is 1. The van der Waals surface area contributed by atoms with Crippen LogP contribution in [0.25, 0.3) is 0 Å². The van der Waals surface area contributed by atoms with Gasteiger partial charge in [0.2, 0.25) is 0 Å². The van der Waals surface area contributed by atoms with Crippen LogP contribution in [0.4, 0.5) is 8.78 Å². The molecule has 1 N–H and O–H groups in total. The number of nitrogens with one attached hydrogen (secondary N) is 1. The van der Waals surface area contributed by atoms with E-state index in [2.05, 4.69) is 10.2 Å². The normalized spacial score (nSPS) is 10.9. The van der Waals surface area contributed by atoms with Crippen molar-refractivity contribution in [1.82, 2.24) is 14.8 Å². The summed E-state index contributed by atoms with van der Waals surface area (Å²) in [4.78, 5) is 23.6. The maximum Gasteiger partial charge on any atom is 0.343 e. The van der Waals surface area contributed by atoms with Crippen molar-refractivity contribution in [1.29, 1.82) is 0 Å². The minimum Gasteiger partial charge on any atom is -0.293 e. The van der Waals surface area contributed by atoms with Crippen LogP contribution in [0.15, 0.2) is 28.2 Å². The van der Waals surface area contributed by atoms with Crippen molar-refractivity contribution in [3.63, 3.8) is 0 Å². The van der Waals surface area contributed by atoms with Gasteiger partial charge in [0.1, 0.15) is 0 Å². The first-order chi connectivity index (χ1) is 10.5. The third-order valence-corrected chi connectivity index (χ3v) is 4.01. The third kappa shape index (κ3) is 3.82. The monoisotopic (exact) mass is 327 g/mol. The molecule has 0 amide bonds. The van der Waals surface area contributed by atoms with Crippen LogP contribution in [0.3, 0.4) is 0 Å². The molecule has 5 nitrogen and oxygen atoms in total. The van der Waals surface area contributed by atoms with Crippen molar-refractivity contribution >= 4 is 17.5 Å². The summed E-state index contributed by atoms with van der Waals surface area (Å²) in [5.74, 6) is -2.43. The second kappa shape index (κ2) is 7.35. The summed E-state index contributed by atoms with van der Waals surface area (Å²) in [6.45, 7) is 2.53. The molecule has 0 bridgehead atoms. The number of thioether (sulfide) groups is 1. The molecule has 1 heterocycles. The lowest BCUT2D eigenvalue weighted by molar-refractivity contribution is 0.102. The summed E-state index contributed by atoms with van der Waals surface area (Å²) >= 11 is 1.09. The predicted molar refractivity (Wildman–Crippen MR) is 79.2 cm³/mol. The minimum atomic E-state index is -1.06. The number of nitrogens with zero attached hydrogens (tertiary/aromatic N) is 2.